The van der Waals surface area contributed by atoms with Crippen LogP contribution in [0.25, 0.3) is 72.1 Å². The van der Waals surface area contributed by atoms with Crippen LogP contribution in [0.4, 0.5) is 0 Å². The van der Waals surface area contributed by atoms with Crippen molar-refractivity contribution >= 4 is 27.6 Å². The fraction of sp³-hybridized carbons (Fsp3) is 0.149. The van der Waals surface area contributed by atoms with Crippen LogP contribution in [-0.2, 0) is 6.42 Å². The van der Waals surface area contributed by atoms with E-state index in [-0.39, 0.29) is 0 Å². The SMILES string of the molecule is CC.CCC1c2ccccc2-c2c(-c3ccc4c(c3)CCC=C4)ccc(-c3c4ccccc4c(-c4ccccc4)c4ccccc34)c21. The van der Waals surface area contributed by atoms with Gasteiger partial charge < -0.3 is 0 Å². The number of aryl methyl sites for hydroxylation is 1. The van der Waals surface area contributed by atoms with E-state index in [0.29, 0.717) is 5.92 Å². The second-order valence-corrected chi connectivity index (χ2v) is 12.6. The van der Waals surface area contributed by atoms with Crippen molar-refractivity contribution in [2.24, 2.45) is 0 Å². The van der Waals surface area contributed by atoms with Gasteiger partial charge in [0.15, 0.2) is 0 Å². The zero-order valence-corrected chi connectivity index (χ0v) is 27.6. The summed E-state index contributed by atoms with van der Waals surface area (Å²) in [4.78, 5) is 0. The van der Waals surface area contributed by atoms with Crippen LogP contribution in [0.2, 0.25) is 0 Å². The van der Waals surface area contributed by atoms with Crippen molar-refractivity contribution in [2.75, 3.05) is 0 Å². The molecule has 0 saturated carbocycles. The van der Waals surface area contributed by atoms with Crippen LogP contribution in [0, 0.1) is 0 Å². The summed E-state index contributed by atoms with van der Waals surface area (Å²) < 4.78 is 0. The van der Waals surface area contributed by atoms with Gasteiger partial charge in [-0.05, 0) is 108 Å². The molecule has 7 aromatic carbocycles. The van der Waals surface area contributed by atoms with Crippen molar-refractivity contribution in [3.05, 3.63) is 162 Å². The molecule has 9 rings (SSSR count). The zero-order valence-electron chi connectivity index (χ0n) is 27.6. The fourth-order valence-electron chi connectivity index (χ4n) is 8.27. The highest BCUT2D eigenvalue weighted by Gasteiger charge is 2.33. The maximum absolute atomic E-state index is 2.45. The van der Waals surface area contributed by atoms with E-state index in [4.69, 9.17) is 0 Å². The van der Waals surface area contributed by atoms with Gasteiger partial charge in [-0.3, -0.25) is 0 Å². The van der Waals surface area contributed by atoms with E-state index in [1.807, 2.05) is 13.8 Å². The molecule has 0 nitrogen and oxygen atoms in total. The third-order valence-electron chi connectivity index (χ3n) is 10.2. The van der Waals surface area contributed by atoms with Crippen molar-refractivity contribution in [3.63, 3.8) is 0 Å². The van der Waals surface area contributed by atoms with Crippen molar-refractivity contribution < 1.29 is 0 Å². The van der Waals surface area contributed by atoms with Gasteiger partial charge in [0, 0.05) is 5.92 Å². The van der Waals surface area contributed by atoms with Gasteiger partial charge >= 0.3 is 0 Å². The van der Waals surface area contributed by atoms with Crippen LogP contribution in [0.3, 0.4) is 0 Å². The van der Waals surface area contributed by atoms with E-state index < -0.39 is 0 Å². The summed E-state index contributed by atoms with van der Waals surface area (Å²) in [5.41, 5.74) is 16.5. The first-order valence-electron chi connectivity index (χ1n) is 17.4. The predicted octanol–water partition coefficient (Wildman–Crippen LogP) is 13.5. The Bertz CT molecular complexity index is 2240. The van der Waals surface area contributed by atoms with Crippen LogP contribution in [-0.4, -0.2) is 0 Å². The molecule has 0 saturated heterocycles. The summed E-state index contributed by atoms with van der Waals surface area (Å²) >= 11 is 0. The number of hydrogen-bond acceptors (Lipinski definition) is 0. The molecule has 0 aliphatic heterocycles. The van der Waals surface area contributed by atoms with E-state index >= 15 is 0 Å². The molecule has 0 spiro atoms. The maximum Gasteiger partial charge on any atom is 0.0105 e. The van der Waals surface area contributed by atoms with E-state index in [9.17, 15) is 0 Å². The Morgan fingerprint density at radius 2 is 1.15 bits per heavy atom. The zero-order chi connectivity index (χ0) is 31.9. The molecular weight excluding hydrogens is 565 g/mol. The predicted molar refractivity (Wildman–Crippen MR) is 204 cm³/mol. The third-order valence-corrected chi connectivity index (χ3v) is 10.2. The van der Waals surface area contributed by atoms with E-state index in [0.717, 1.165) is 19.3 Å². The second kappa shape index (κ2) is 12.2. The number of allylic oxidation sites excluding steroid dienone is 1. The van der Waals surface area contributed by atoms with Crippen LogP contribution in [0.5, 0.6) is 0 Å². The van der Waals surface area contributed by atoms with Crippen molar-refractivity contribution in [1.29, 1.82) is 0 Å². The average Bonchev–Trinajstić information content (AvgIpc) is 3.49. The van der Waals surface area contributed by atoms with E-state index in [2.05, 4.69) is 153 Å². The fourth-order valence-corrected chi connectivity index (χ4v) is 8.27. The average molecular weight is 605 g/mol. The lowest BCUT2D eigenvalue weighted by atomic mass is 9.80. The molecule has 0 bridgehead atoms. The Kier molecular flexibility index (Phi) is 7.58. The Morgan fingerprint density at radius 1 is 0.532 bits per heavy atom. The summed E-state index contributed by atoms with van der Waals surface area (Å²) in [7, 11) is 0. The molecule has 2 aliphatic rings. The lowest BCUT2D eigenvalue weighted by molar-refractivity contribution is 0.799. The highest BCUT2D eigenvalue weighted by atomic mass is 14.4. The largest absolute Gasteiger partial charge is 0.0836 e. The lowest BCUT2D eigenvalue weighted by Crippen LogP contribution is -2.00. The summed E-state index contributed by atoms with van der Waals surface area (Å²) in [6.45, 7) is 6.35. The summed E-state index contributed by atoms with van der Waals surface area (Å²) in [5.74, 6) is 0.345. The Balaban J connectivity index is 0.00000159. The summed E-state index contributed by atoms with van der Waals surface area (Å²) in [6, 6.07) is 50.1. The maximum atomic E-state index is 2.45. The van der Waals surface area contributed by atoms with Crippen molar-refractivity contribution in [2.45, 2.75) is 46.0 Å². The molecule has 0 N–H and O–H groups in total. The topological polar surface area (TPSA) is 0 Å². The van der Waals surface area contributed by atoms with Gasteiger partial charge in [0.25, 0.3) is 0 Å². The minimum atomic E-state index is 0.345. The molecule has 0 aromatic heterocycles. The van der Waals surface area contributed by atoms with Crippen LogP contribution in [0.15, 0.2) is 140 Å². The quantitative estimate of drug-likeness (QED) is 0.175. The molecule has 228 valence electrons. The van der Waals surface area contributed by atoms with E-state index in [1.54, 1.807) is 0 Å². The molecular formula is C47H40. The number of benzene rings is 7. The Morgan fingerprint density at radius 3 is 1.85 bits per heavy atom. The lowest BCUT2D eigenvalue weighted by Gasteiger charge is -2.23. The van der Waals surface area contributed by atoms with Gasteiger partial charge in [-0.15, -0.1) is 0 Å². The number of fused-ring (bicyclic) bond motifs is 6. The van der Waals surface area contributed by atoms with Gasteiger partial charge in [0.05, 0.1) is 0 Å². The second-order valence-electron chi connectivity index (χ2n) is 12.6. The molecule has 0 fully saturated rings. The molecule has 0 radical (unpaired) electrons. The van der Waals surface area contributed by atoms with Crippen LogP contribution >= 0.6 is 0 Å². The van der Waals surface area contributed by atoms with Gasteiger partial charge in [0.1, 0.15) is 0 Å². The molecule has 47 heavy (non-hydrogen) atoms. The third kappa shape index (κ3) is 4.66. The highest BCUT2D eigenvalue weighted by molar-refractivity contribution is 6.22. The molecule has 1 atom stereocenters. The molecule has 0 heterocycles. The van der Waals surface area contributed by atoms with Crippen molar-refractivity contribution in [1.82, 2.24) is 0 Å². The standard InChI is InChI=1S/C45H34.C2H6/c1-2-33-35-18-8-9-19-36(35)45-34(32-25-24-29-14-6-7-17-31(29)28-32)26-27-41(44(33)45)43-39-22-12-10-20-37(39)42(30-15-4-3-5-16-30)38-21-11-13-23-40(38)43;1-2/h3-6,8-16,18-28,33H,2,7,17H2,1H3;1-2H3. The van der Waals surface area contributed by atoms with Gasteiger partial charge in [-0.1, -0.05) is 166 Å². The smallest absolute Gasteiger partial charge is 0.0105 e. The first-order chi connectivity index (χ1) is 23.3. The minimum absolute atomic E-state index is 0.345. The summed E-state index contributed by atoms with van der Waals surface area (Å²) in [6.07, 6.45) is 7.88. The summed E-state index contributed by atoms with van der Waals surface area (Å²) in [5, 5.41) is 5.25. The normalized spacial score (nSPS) is 14.3. The first-order valence-corrected chi connectivity index (χ1v) is 17.4. The molecule has 0 amide bonds. The minimum Gasteiger partial charge on any atom is -0.0836 e. The van der Waals surface area contributed by atoms with Gasteiger partial charge in [0.2, 0.25) is 0 Å². The van der Waals surface area contributed by atoms with Gasteiger partial charge in [-0.2, -0.15) is 0 Å². The first kappa shape index (κ1) is 29.2. The molecule has 1 unspecified atom stereocenters. The number of hydrogen-bond donors (Lipinski definition) is 0. The highest BCUT2D eigenvalue weighted by Crippen LogP contribution is 2.55. The van der Waals surface area contributed by atoms with Gasteiger partial charge in [-0.25, -0.2) is 0 Å². The molecule has 0 heteroatoms. The Hall–Kier alpha value is -5.20. The number of rotatable bonds is 4. The van der Waals surface area contributed by atoms with E-state index in [1.165, 1.54) is 88.3 Å². The monoisotopic (exact) mass is 604 g/mol. The van der Waals surface area contributed by atoms with Crippen LogP contribution < -0.4 is 0 Å². The molecule has 7 aromatic rings. The Labute approximate surface area is 279 Å². The van der Waals surface area contributed by atoms with Crippen LogP contribution in [0.1, 0.15) is 61.8 Å². The molecule has 2 aliphatic carbocycles. The van der Waals surface area contributed by atoms with Crippen molar-refractivity contribution in [3.8, 4) is 44.5 Å².